The van der Waals surface area contributed by atoms with Crippen LogP contribution in [0.2, 0.25) is 0 Å². The van der Waals surface area contributed by atoms with Gasteiger partial charge in [-0.15, -0.1) is 5.92 Å². The topological polar surface area (TPSA) is 60.5 Å². The van der Waals surface area contributed by atoms with Gasteiger partial charge in [-0.1, -0.05) is 23.7 Å². The Morgan fingerprint density at radius 1 is 1.27 bits per heavy atom. The minimum atomic E-state index is -0.356. The molecule has 2 aliphatic heterocycles. The Kier molecular flexibility index (Phi) is 4.37. The minimum absolute atomic E-state index is 0.356. The highest BCUT2D eigenvalue weighted by molar-refractivity contribution is 8.13. The molecule has 0 amide bonds. The number of thioether (sulfide) groups is 1. The van der Waals surface area contributed by atoms with Gasteiger partial charge in [0, 0.05) is 40.8 Å². The van der Waals surface area contributed by atoms with Crippen molar-refractivity contribution in [2.75, 3.05) is 12.4 Å². The largest absolute Gasteiger partial charge is 0.493 e. The van der Waals surface area contributed by atoms with E-state index in [2.05, 4.69) is 41.9 Å². The summed E-state index contributed by atoms with van der Waals surface area (Å²) in [4.78, 5) is 9.20. The molecule has 0 saturated heterocycles. The number of aliphatic imine (C=N–C) groups is 1. The molecule has 4 nitrogen and oxygen atoms in total. The van der Waals surface area contributed by atoms with E-state index in [1.54, 1.807) is 18.0 Å². The fraction of sp³-hybridized carbons (Fsp3) is 0.333. The predicted octanol–water partition coefficient (Wildman–Crippen LogP) is 3.80. The van der Waals surface area contributed by atoms with Crippen molar-refractivity contribution in [3.05, 3.63) is 47.8 Å². The Bertz CT molecular complexity index is 944. The molecule has 2 aromatic rings. The van der Waals surface area contributed by atoms with Gasteiger partial charge in [-0.2, -0.15) is 0 Å². The highest BCUT2D eigenvalue weighted by Crippen LogP contribution is 2.47. The summed E-state index contributed by atoms with van der Waals surface area (Å²) in [6.07, 6.45) is 4.63. The molecule has 0 bridgehead atoms. The molecule has 0 aliphatic carbocycles. The van der Waals surface area contributed by atoms with E-state index in [4.69, 9.17) is 15.5 Å². The lowest BCUT2D eigenvalue weighted by Crippen LogP contribution is -2.37. The number of nitrogens with two attached hydrogens (primary N) is 1. The fourth-order valence-electron chi connectivity index (χ4n) is 3.70. The van der Waals surface area contributed by atoms with Gasteiger partial charge >= 0.3 is 0 Å². The van der Waals surface area contributed by atoms with Gasteiger partial charge in [0.05, 0.1) is 12.1 Å². The zero-order valence-corrected chi connectivity index (χ0v) is 15.8. The summed E-state index contributed by atoms with van der Waals surface area (Å²) in [7, 11) is 0. The number of hydrogen-bond donors (Lipinski definition) is 1. The van der Waals surface area contributed by atoms with Crippen molar-refractivity contribution in [2.24, 2.45) is 16.6 Å². The van der Waals surface area contributed by atoms with Crippen LogP contribution in [0.5, 0.6) is 5.75 Å². The Morgan fingerprint density at radius 2 is 2.15 bits per heavy atom. The van der Waals surface area contributed by atoms with Gasteiger partial charge in [0.25, 0.3) is 0 Å². The lowest BCUT2D eigenvalue weighted by molar-refractivity contribution is 0.271. The number of benzene rings is 1. The van der Waals surface area contributed by atoms with Crippen LogP contribution in [-0.2, 0) is 5.54 Å². The normalized spacial score (nSPS) is 24.1. The van der Waals surface area contributed by atoms with E-state index in [0.717, 1.165) is 40.2 Å². The molecule has 132 valence electrons. The molecule has 2 aliphatic rings. The average Bonchev–Trinajstić information content (AvgIpc) is 2.78. The molecular weight excluding hydrogens is 342 g/mol. The minimum Gasteiger partial charge on any atom is -0.493 e. The van der Waals surface area contributed by atoms with Gasteiger partial charge in [-0.25, -0.2) is 0 Å². The van der Waals surface area contributed by atoms with E-state index in [-0.39, 0.29) is 5.54 Å². The average molecular weight is 363 g/mol. The van der Waals surface area contributed by atoms with Crippen LogP contribution >= 0.6 is 11.8 Å². The third kappa shape index (κ3) is 2.95. The molecule has 1 aromatic carbocycles. The molecular formula is C21H21N3OS. The number of rotatable bonds is 1. The van der Waals surface area contributed by atoms with E-state index >= 15 is 0 Å². The number of pyridine rings is 1. The van der Waals surface area contributed by atoms with Crippen molar-refractivity contribution >= 4 is 16.9 Å². The molecule has 26 heavy (non-hydrogen) atoms. The molecule has 0 unspecified atom stereocenters. The second-order valence-corrected chi connectivity index (χ2v) is 7.83. The Balaban J connectivity index is 1.85. The molecule has 2 N–H and O–H groups in total. The quantitative estimate of drug-likeness (QED) is 0.783. The van der Waals surface area contributed by atoms with Crippen LogP contribution in [0, 0.1) is 17.8 Å². The van der Waals surface area contributed by atoms with Gasteiger partial charge in [0.1, 0.15) is 5.75 Å². The third-order valence-electron chi connectivity index (χ3n) is 5.16. The zero-order valence-electron chi connectivity index (χ0n) is 15.0. The first kappa shape index (κ1) is 17.0. The highest BCUT2D eigenvalue weighted by atomic mass is 32.2. The summed E-state index contributed by atoms with van der Waals surface area (Å²) < 4.78 is 6.04. The van der Waals surface area contributed by atoms with Crippen LogP contribution in [0.4, 0.5) is 0 Å². The summed E-state index contributed by atoms with van der Waals surface area (Å²) in [6.45, 7) is 4.72. The van der Waals surface area contributed by atoms with Crippen molar-refractivity contribution in [1.82, 2.24) is 4.98 Å². The number of ether oxygens (including phenoxy) is 1. The molecule has 3 heterocycles. The summed E-state index contributed by atoms with van der Waals surface area (Å²) in [5, 5.41) is 0.656. The number of fused-ring (bicyclic) bond motifs is 3. The molecule has 0 radical (unpaired) electrons. The van der Waals surface area contributed by atoms with Crippen molar-refractivity contribution in [1.29, 1.82) is 0 Å². The molecule has 5 heteroatoms. The van der Waals surface area contributed by atoms with Crippen molar-refractivity contribution in [3.63, 3.8) is 0 Å². The predicted molar refractivity (Wildman–Crippen MR) is 107 cm³/mol. The van der Waals surface area contributed by atoms with E-state index in [1.807, 2.05) is 19.2 Å². The fourth-order valence-corrected chi connectivity index (χ4v) is 4.82. The maximum absolute atomic E-state index is 6.08. The summed E-state index contributed by atoms with van der Waals surface area (Å²) in [5.41, 5.74) is 9.88. The first-order valence-electron chi connectivity index (χ1n) is 8.74. The number of amidine groups is 1. The van der Waals surface area contributed by atoms with E-state index in [0.29, 0.717) is 17.7 Å². The van der Waals surface area contributed by atoms with Crippen LogP contribution in [0.3, 0.4) is 0 Å². The van der Waals surface area contributed by atoms with Crippen LogP contribution in [-0.4, -0.2) is 22.5 Å². The van der Waals surface area contributed by atoms with Crippen molar-refractivity contribution in [3.8, 4) is 28.7 Å². The molecule has 0 fully saturated rings. The summed E-state index contributed by atoms with van der Waals surface area (Å²) in [5.74, 6) is 8.28. The van der Waals surface area contributed by atoms with Gasteiger partial charge in [-0.3, -0.25) is 9.98 Å². The number of nitrogens with zero attached hydrogens (tertiary/aromatic N) is 2. The SMILES string of the molecule is CC#Cc1cncc(-c2ccc3c(c2)[C@@]2(C)N=C(N)SC[C@H]2CCO3)c1. The Labute approximate surface area is 158 Å². The standard InChI is InChI=1S/C21H21N3OS/c1-3-4-14-9-16(12-23-11-14)15-5-6-19-18(10-15)21(2)17(7-8-25-19)13-26-20(22)24-21/h5-6,9-12,17H,7-8,13H2,1-2H3,(H2,22,24)/t17-,21+/m1/s1. The third-order valence-corrected chi connectivity index (χ3v) is 6.12. The Morgan fingerprint density at radius 3 is 3.00 bits per heavy atom. The lowest BCUT2D eigenvalue weighted by atomic mass is 9.78. The Hall–Kier alpha value is -2.45. The van der Waals surface area contributed by atoms with E-state index in [9.17, 15) is 0 Å². The smallest absolute Gasteiger partial charge is 0.154 e. The van der Waals surface area contributed by atoms with E-state index < -0.39 is 0 Å². The summed E-state index contributed by atoms with van der Waals surface area (Å²) >= 11 is 1.64. The van der Waals surface area contributed by atoms with Crippen LogP contribution < -0.4 is 10.5 Å². The van der Waals surface area contributed by atoms with Gasteiger partial charge in [0.2, 0.25) is 0 Å². The van der Waals surface area contributed by atoms with Gasteiger partial charge in [-0.05, 0) is 44.0 Å². The summed E-state index contributed by atoms with van der Waals surface area (Å²) in [6, 6.07) is 8.37. The van der Waals surface area contributed by atoms with E-state index in [1.165, 1.54) is 0 Å². The molecule has 0 saturated carbocycles. The monoisotopic (exact) mass is 363 g/mol. The van der Waals surface area contributed by atoms with Gasteiger partial charge in [0.15, 0.2) is 5.17 Å². The first-order valence-corrected chi connectivity index (χ1v) is 9.72. The maximum atomic E-state index is 6.08. The number of aromatic nitrogens is 1. The molecule has 0 spiro atoms. The number of hydrogen-bond acceptors (Lipinski definition) is 5. The van der Waals surface area contributed by atoms with Crippen LogP contribution in [0.15, 0.2) is 41.7 Å². The lowest BCUT2D eigenvalue weighted by Gasteiger charge is -2.36. The van der Waals surface area contributed by atoms with Crippen molar-refractivity contribution in [2.45, 2.75) is 25.8 Å². The van der Waals surface area contributed by atoms with Crippen LogP contribution in [0.25, 0.3) is 11.1 Å². The first-order chi connectivity index (χ1) is 12.6. The molecule has 4 rings (SSSR count). The second kappa shape index (κ2) is 6.69. The van der Waals surface area contributed by atoms with Crippen molar-refractivity contribution < 1.29 is 4.74 Å². The second-order valence-electron chi connectivity index (χ2n) is 6.79. The highest BCUT2D eigenvalue weighted by Gasteiger charge is 2.42. The van der Waals surface area contributed by atoms with Gasteiger partial charge < -0.3 is 10.5 Å². The van der Waals surface area contributed by atoms with Crippen LogP contribution in [0.1, 0.15) is 31.4 Å². The molecule has 2 atom stereocenters. The zero-order chi connectivity index (χ0) is 18.1. The maximum Gasteiger partial charge on any atom is 0.154 e. The molecule has 1 aromatic heterocycles.